The first-order valence-corrected chi connectivity index (χ1v) is 8.26. The van der Waals surface area contributed by atoms with Crippen LogP contribution in [0.25, 0.3) is 11.3 Å². The summed E-state index contributed by atoms with van der Waals surface area (Å²) in [5.74, 6) is -0.147. The van der Waals surface area contributed by atoms with Crippen LogP contribution in [0.5, 0.6) is 5.75 Å². The van der Waals surface area contributed by atoms with Gasteiger partial charge in [0.25, 0.3) is 0 Å². The van der Waals surface area contributed by atoms with E-state index in [0.29, 0.717) is 5.13 Å². The molecule has 0 fully saturated rings. The Hall–Kier alpha value is -3.19. The Bertz CT molecular complexity index is 887. The predicted molar refractivity (Wildman–Crippen MR) is 98.7 cm³/mol. The first-order valence-electron chi connectivity index (χ1n) is 7.38. The lowest BCUT2D eigenvalue weighted by atomic mass is 10.1. The topological polar surface area (TPSA) is 83.8 Å². The third kappa shape index (κ3) is 4.21. The Balaban J connectivity index is 1.63. The summed E-state index contributed by atoms with van der Waals surface area (Å²) in [6.45, 7) is 0. The van der Waals surface area contributed by atoms with E-state index in [9.17, 15) is 4.79 Å². The third-order valence-corrected chi connectivity index (χ3v) is 4.17. The van der Waals surface area contributed by atoms with Crippen LogP contribution >= 0.6 is 11.3 Å². The van der Waals surface area contributed by atoms with E-state index in [1.165, 1.54) is 23.5 Å². The van der Waals surface area contributed by atoms with Gasteiger partial charge in [-0.2, -0.15) is 5.10 Å². The number of ether oxygens (including phenoxy) is 1. The van der Waals surface area contributed by atoms with Crippen molar-refractivity contribution >= 4 is 28.7 Å². The molecule has 0 unspecified atom stereocenters. The van der Waals surface area contributed by atoms with Gasteiger partial charge in [-0.05, 0) is 42.0 Å². The monoisotopic (exact) mass is 353 g/mol. The van der Waals surface area contributed by atoms with E-state index in [2.05, 4.69) is 15.5 Å². The zero-order valence-electron chi connectivity index (χ0n) is 13.3. The van der Waals surface area contributed by atoms with E-state index in [4.69, 9.17) is 9.84 Å². The van der Waals surface area contributed by atoms with Crippen LogP contribution in [0.3, 0.4) is 0 Å². The Morgan fingerprint density at radius 1 is 1.20 bits per heavy atom. The fourth-order valence-corrected chi connectivity index (χ4v) is 2.76. The molecular weight excluding hydrogens is 338 g/mol. The number of carbonyl (C=O) groups is 1. The summed E-state index contributed by atoms with van der Waals surface area (Å²) >= 11 is 1.45. The summed E-state index contributed by atoms with van der Waals surface area (Å²) in [4.78, 5) is 15.3. The highest BCUT2D eigenvalue weighted by molar-refractivity contribution is 7.14. The molecule has 0 atom stereocenters. The molecule has 0 amide bonds. The van der Waals surface area contributed by atoms with Gasteiger partial charge in [0, 0.05) is 10.9 Å². The van der Waals surface area contributed by atoms with Crippen molar-refractivity contribution in [1.82, 2.24) is 4.98 Å². The lowest BCUT2D eigenvalue weighted by Gasteiger charge is -2.00. The number of carboxylic acids is 1. The summed E-state index contributed by atoms with van der Waals surface area (Å²) in [6, 6.07) is 14.1. The maximum Gasteiger partial charge on any atom is 0.335 e. The molecule has 0 spiro atoms. The Morgan fingerprint density at radius 3 is 2.56 bits per heavy atom. The van der Waals surface area contributed by atoms with Gasteiger partial charge in [-0.3, -0.25) is 5.43 Å². The van der Waals surface area contributed by atoms with Crippen molar-refractivity contribution in [2.24, 2.45) is 5.10 Å². The molecule has 0 aliphatic rings. The first-order chi connectivity index (χ1) is 12.2. The molecule has 0 aliphatic heterocycles. The van der Waals surface area contributed by atoms with Gasteiger partial charge in [-0.1, -0.05) is 12.1 Å². The molecule has 1 aromatic heterocycles. The second-order valence-corrected chi connectivity index (χ2v) is 5.92. The van der Waals surface area contributed by atoms with Gasteiger partial charge in [0.2, 0.25) is 5.13 Å². The number of hydrogen-bond acceptors (Lipinski definition) is 6. The van der Waals surface area contributed by atoms with E-state index in [1.54, 1.807) is 25.5 Å². The van der Waals surface area contributed by atoms with Crippen LogP contribution in [0.1, 0.15) is 15.9 Å². The van der Waals surface area contributed by atoms with E-state index >= 15 is 0 Å². The molecule has 126 valence electrons. The zero-order valence-corrected chi connectivity index (χ0v) is 14.2. The van der Waals surface area contributed by atoms with Crippen LogP contribution in [0.15, 0.2) is 59.0 Å². The average molecular weight is 353 g/mol. The number of methoxy groups -OCH3 is 1. The maximum atomic E-state index is 10.8. The molecule has 7 heteroatoms. The van der Waals surface area contributed by atoms with Gasteiger partial charge >= 0.3 is 5.97 Å². The number of thiazole rings is 1. The van der Waals surface area contributed by atoms with Crippen LogP contribution in [0.4, 0.5) is 5.13 Å². The number of rotatable bonds is 6. The van der Waals surface area contributed by atoms with Crippen molar-refractivity contribution < 1.29 is 14.6 Å². The van der Waals surface area contributed by atoms with Crippen molar-refractivity contribution in [2.75, 3.05) is 12.5 Å². The van der Waals surface area contributed by atoms with Gasteiger partial charge in [-0.15, -0.1) is 11.3 Å². The lowest BCUT2D eigenvalue weighted by Crippen LogP contribution is -1.96. The van der Waals surface area contributed by atoms with Crippen LogP contribution in [0.2, 0.25) is 0 Å². The molecule has 0 saturated carbocycles. The first kappa shape index (κ1) is 16.7. The minimum Gasteiger partial charge on any atom is -0.497 e. The summed E-state index contributed by atoms with van der Waals surface area (Å²) in [5.41, 5.74) is 5.78. The number of hydrazone groups is 1. The molecule has 0 saturated heterocycles. The minimum atomic E-state index is -0.949. The molecular formula is C18H15N3O3S. The Morgan fingerprint density at radius 2 is 1.92 bits per heavy atom. The summed E-state index contributed by atoms with van der Waals surface area (Å²) in [7, 11) is 1.63. The summed E-state index contributed by atoms with van der Waals surface area (Å²) in [5, 5.41) is 15.6. The number of aromatic nitrogens is 1. The molecule has 0 bridgehead atoms. The number of nitrogens with one attached hydrogen (secondary N) is 1. The SMILES string of the molecule is COc1ccc(-c2csc(N/N=C\c3ccc(C(=O)O)cc3)n2)cc1. The molecule has 2 aromatic carbocycles. The van der Waals surface area contributed by atoms with Gasteiger partial charge in [0.05, 0.1) is 24.6 Å². The van der Waals surface area contributed by atoms with E-state index in [-0.39, 0.29) is 5.56 Å². The van der Waals surface area contributed by atoms with Crippen molar-refractivity contribution in [3.05, 3.63) is 65.0 Å². The smallest absolute Gasteiger partial charge is 0.335 e. The highest BCUT2D eigenvalue weighted by atomic mass is 32.1. The molecule has 25 heavy (non-hydrogen) atoms. The number of hydrogen-bond donors (Lipinski definition) is 2. The van der Waals surface area contributed by atoms with Crippen LogP contribution in [-0.4, -0.2) is 29.4 Å². The predicted octanol–water partition coefficient (Wildman–Crippen LogP) is 3.96. The number of anilines is 1. The van der Waals surface area contributed by atoms with E-state index < -0.39 is 5.97 Å². The minimum absolute atomic E-state index is 0.245. The summed E-state index contributed by atoms with van der Waals surface area (Å²) < 4.78 is 5.14. The molecule has 1 heterocycles. The van der Waals surface area contributed by atoms with Crippen LogP contribution in [0, 0.1) is 0 Å². The van der Waals surface area contributed by atoms with Gasteiger partial charge in [0.15, 0.2) is 0 Å². The quantitative estimate of drug-likeness (QED) is 0.517. The third-order valence-electron chi connectivity index (χ3n) is 3.42. The number of aromatic carboxylic acids is 1. The van der Waals surface area contributed by atoms with Crippen molar-refractivity contribution in [2.45, 2.75) is 0 Å². The molecule has 3 rings (SSSR count). The molecule has 0 radical (unpaired) electrons. The highest BCUT2D eigenvalue weighted by Gasteiger charge is 2.04. The van der Waals surface area contributed by atoms with Gasteiger partial charge in [-0.25, -0.2) is 9.78 Å². The number of carboxylic acid groups (broad SMARTS) is 1. The number of nitrogens with zero attached hydrogens (tertiary/aromatic N) is 2. The number of benzene rings is 2. The molecule has 2 N–H and O–H groups in total. The van der Waals surface area contributed by atoms with Crippen LogP contribution in [-0.2, 0) is 0 Å². The fourth-order valence-electron chi connectivity index (χ4n) is 2.09. The van der Waals surface area contributed by atoms with Crippen molar-refractivity contribution in [1.29, 1.82) is 0 Å². The second-order valence-electron chi connectivity index (χ2n) is 5.06. The largest absolute Gasteiger partial charge is 0.497 e. The van der Waals surface area contributed by atoms with Gasteiger partial charge < -0.3 is 9.84 Å². The lowest BCUT2D eigenvalue weighted by molar-refractivity contribution is 0.0697. The molecule has 0 aliphatic carbocycles. The average Bonchev–Trinajstić information content (AvgIpc) is 3.11. The van der Waals surface area contributed by atoms with E-state index in [1.807, 2.05) is 29.6 Å². The van der Waals surface area contributed by atoms with E-state index in [0.717, 1.165) is 22.6 Å². The summed E-state index contributed by atoms with van der Waals surface area (Å²) in [6.07, 6.45) is 1.61. The standard InChI is InChI=1S/C18H15N3O3S/c1-24-15-8-6-13(7-9-15)16-11-25-18(20-16)21-19-10-12-2-4-14(5-3-12)17(22)23/h2-11H,1H3,(H,20,21)(H,22,23)/b19-10-. The van der Waals surface area contributed by atoms with Gasteiger partial charge in [0.1, 0.15) is 5.75 Å². The van der Waals surface area contributed by atoms with Crippen molar-refractivity contribution in [3.63, 3.8) is 0 Å². The normalized spacial score (nSPS) is 10.8. The highest BCUT2D eigenvalue weighted by Crippen LogP contribution is 2.26. The molecule has 3 aromatic rings. The zero-order chi connectivity index (χ0) is 17.6. The fraction of sp³-hybridized carbons (Fsp3) is 0.0556. The van der Waals surface area contributed by atoms with Crippen LogP contribution < -0.4 is 10.2 Å². The second kappa shape index (κ2) is 7.59. The maximum absolute atomic E-state index is 10.8. The molecule has 6 nitrogen and oxygen atoms in total. The Kier molecular flexibility index (Phi) is 5.06. The Labute approximate surface area is 148 Å². The van der Waals surface area contributed by atoms with Crippen molar-refractivity contribution in [3.8, 4) is 17.0 Å².